The first kappa shape index (κ1) is 12.7. The molecule has 1 unspecified atom stereocenters. The molecule has 0 aliphatic heterocycles. The van der Waals surface area contributed by atoms with Gasteiger partial charge in [0.1, 0.15) is 0 Å². The summed E-state index contributed by atoms with van der Waals surface area (Å²) in [5.41, 5.74) is 3.09. The Balaban J connectivity index is 2.13. The van der Waals surface area contributed by atoms with Gasteiger partial charge >= 0.3 is 0 Å². The van der Waals surface area contributed by atoms with E-state index in [9.17, 15) is 4.79 Å². The summed E-state index contributed by atoms with van der Waals surface area (Å²) < 4.78 is 0. The SMILES string of the molecule is CC(S)C(=O)Nc1ccc(-c2ccccc2)cc1. The molecule has 1 atom stereocenters. The third kappa shape index (κ3) is 3.14. The topological polar surface area (TPSA) is 29.1 Å². The van der Waals surface area contributed by atoms with E-state index in [1.807, 2.05) is 42.5 Å². The zero-order valence-electron chi connectivity index (χ0n) is 10.1. The predicted molar refractivity (Wildman–Crippen MR) is 79.0 cm³/mol. The third-order valence-corrected chi connectivity index (χ3v) is 2.87. The fraction of sp³-hybridized carbons (Fsp3) is 0.133. The second-order valence-corrected chi connectivity index (χ2v) is 4.88. The molecule has 0 saturated carbocycles. The molecule has 0 fully saturated rings. The molecular formula is C15H15NOS. The lowest BCUT2D eigenvalue weighted by atomic mass is 10.1. The minimum Gasteiger partial charge on any atom is -0.325 e. The first-order valence-corrected chi connectivity index (χ1v) is 6.33. The zero-order chi connectivity index (χ0) is 13.0. The van der Waals surface area contributed by atoms with Gasteiger partial charge in [0.25, 0.3) is 0 Å². The lowest BCUT2D eigenvalue weighted by molar-refractivity contribution is -0.115. The number of rotatable bonds is 3. The van der Waals surface area contributed by atoms with Gasteiger partial charge in [-0.25, -0.2) is 0 Å². The molecule has 2 nitrogen and oxygen atoms in total. The number of carbonyl (C=O) groups is 1. The van der Waals surface area contributed by atoms with E-state index in [2.05, 4.69) is 30.1 Å². The Hall–Kier alpha value is -1.74. The van der Waals surface area contributed by atoms with E-state index in [0.29, 0.717) is 0 Å². The van der Waals surface area contributed by atoms with Crippen molar-refractivity contribution in [3.63, 3.8) is 0 Å². The highest BCUT2D eigenvalue weighted by Crippen LogP contribution is 2.21. The summed E-state index contributed by atoms with van der Waals surface area (Å²) in [5.74, 6) is -0.0919. The number of hydrogen-bond acceptors (Lipinski definition) is 2. The molecule has 2 aromatic rings. The number of carbonyl (C=O) groups excluding carboxylic acids is 1. The largest absolute Gasteiger partial charge is 0.325 e. The lowest BCUT2D eigenvalue weighted by Gasteiger charge is -2.08. The van der Waals surface area contributed by atoms with E-state index in [0.717, 1.165) is 16.8 Å². The molecule has 1 amide bonds. The Bertz CT molecular complexity index is 520. The average Bonchev–Trinajstić information content (AvgIpc) is 2.40. The van der Waals surface area contributed by atoms with Crippen molar-refractivity contribution in [3.05, 3.63) is 54.6 Å². The van der Waals surface area contributed by atoms with Gasteiger partial charge in [-0.05, 0) is 30.2 Å². The summed E-state index contributed by atoms with van der Waals surface area (Å²) >= 11 is 4.09. The second-order valence-electron chi connectivity index (χ2n) is 4.11. The maximum absolute atomic E-state index is 11.5. The van der Waals surface area contributed by atoms with Gasteiger partial charge in [-0.1, -0.05) is 42.5 Å². The summed E-state index contributed by atoms with van der Waals surface area (Å²) in [7, 11) is 0. The van der Waals surface area contributed by atoms with Gasteiger partial charge in [0.15, 0.2) is 0 Å². The van der Waals surface area contributed by atoms with Gasteiger partial charge in [0, 0.05) is 5.69 Å². The summed E-state index contributed by atoms with van der Waals surface area (Å²) in [4.78, 5) is 11.5. The first-order chi connectivity index (χ1) is 8.66. The highest BCUT2D eigenvalue weighted by molar-refractivity contribution is 7.81. The van der Waals surface area contributed by atoms with Crippen LogP contribution < -0.4 is 5.32 Å². The van der Waals surface area contributed by atoms with Crippen molar-refractivity contribution in [2.24, 2.45) is 0 Å². The molecule has 0 heterocycles. The number of nitrogens with one attached hydrogen (secondary N) is 1. The Morgan fingerprint density at radius 1 is 1.00 bits per heavy atom. The van der Waals surface area contributed by atoms with Gasteiger partial charge in [0.05, 0.1) is 5.25 Å². The molecule has 0 aliphatic rings. The Morgan fingerprint density at radius 2 is 1.56 bits per heavy atom. The van der Waals surface area contributed by atoms with Gasteiger partial charge in [0.2, 0.25) is 5.91 Å². The van der Waals surface area contributed by atoms with Gasteiger partial charge in [-0.2, -0.15) is 12.6 Å². The van der Waals surface area contributed by atoms with Crippen LogP contribution in [0.5, 0.6) is 0 Å². The molecule has 92 valence electrons. The fourth-order valence-corrected chi connectivity index (χ4v) is 1.69. The lowest BCUT2D eigenvalue weighted by Crippen LogP contribution is -2.20. The van der Waals surface area contributed by atoms with Crippen LogP contribution in [-0.4, -0.2) is 11.2 Å². The Kier molecular flexibility index (Phi) is 4.05. The summed E-state index contributed by atoms with van der Waals surface area (Å²) in [6, 6.07) is 17.9. The highest BCUT2D eigenvalue weighted by Gasteiger charge is 2.07. The van der Waals surface area contributed by atoms with Crippen LogP contribution in [0.4, 0.5) is 5.69 Å². The van der Waals surface area contributed by atoms with Crippen LogP contribution in [0.2, 0.25) is 0 Å². The maximum atomic E-state index is 11.5. The van der Waals surface area contributed by atoms with Gasteiger partial charge in [-0.15, -0.1) is 0 Å². The molecule has 3 heteroatoms. The summed E-state index contributed by atoms with van der Waals surface area (Å²) in [6.45, 7) is 1.75. The quantitative estimate of drug-likeness (QED) is 0.808. The third-order valence-electron chi connectivity index (χ3n) is 2.64. The van der Waals surface area contributed by atoms with Crippen molar-refractivity contribution in [2.45, 2.75) is 12.2 Å². The standard InChI is InChI=1S/C15H15NOS/c1-11(18)15(17)16-14-9-7-13(8-10-14)12-5-3-2-4-6-12/h2-11,18H,1H3,(H,16,17). The van der Waals surface area contributed by atoms with Crippen LogP contribution in [0, 0.1) is 0 Å². The molecule has 2 aromatic carbocycles. The average molecular weight is 257 g/mol. The predicted octanol–water partition coefficient (Wildman–Crippen LogP) is 3.61. The summed E-state index contributed by atoms with van der Waals surface area (Å²) in [6.07, 6.45) is 0. The number of benzene rings is 2. The molecule has 0 bridgehead atoms. The number of amides is 1. The van der Waals surface area contributed by atoms with Crippen LogP contribution >= 0.6 is 12.6 Å². The minimum atomic E-state index is -0.307. The van der Waals surface area contributed by atoms with Crippen molar-refractivity contribution in [3.8, 4) is 11.1 Å². The van der Waals surface area contributed by atoms with E-state index in [4.69, 9.17) is 0 Å². The number of thiol groups is 1. The van der Waals surface area contributed by atoms with Crippen molar-refractivity contribution >= 4 is 24.2 Å². The molecule has 0 aliphatic carbocycles. The molecule has 18 heavy (non-hydrogen) atoms. The van der Waals surface area contributed by atoms with Crippen LogP contribution in [0.1, 0.15) is 6.92 Å². The van der Waals surface area contributed by atoms with E-state index in [1.165, 1.54) is 0 Å². The van der Waals surface area contributed by atoms with E-state index >= 15 is 0 Å². The summed E-state index contributed by atoms with van der Waals surface area (Å²) in [5, 5.41) is 2.50. The molecule has 1 N–H and O–H groups in total. The molecule has 0 spiro atoms. The maximum Gasteiger partial charge on any atom is 0.236 e. The van der Waals surface area contributed by atoms with Crippen molar-refractivity contribution in [1.82, 2.24) is 0 Å². The minimum absolute atomic E-state index is 0.0919. The number of anilines is 1. The molecule has 0 aromatic heterocycles. The Labute approximate surface area is 112 Å². The molecule has 2 rings (SSSR count). The van der Waals surface area contributed by atoms with Gasteiger partial charge < -0.3 is 5.32 Å². The van der Waals surface area contributed by atoms with Crippen LogP contribution in [-0.2, 0) is 4.79 Å². The first-order valence-electron chi connectivity index (χ1n) is 5.81. The molecule has 0 saturated heterocycles. The number of hydrogen-bond donors (Lipinski definition) is 2. The van der Waals surface area contributed by atoms with Crippen molar-refractivity contribution < 1.29 is 4.79 Å². The zero-order valence-corrected chi connectivity index (χ0v) is 11.0. The highest BCUT2D eigenvalue weighted by atomic mass is 32.1. The smallest absolute Gasteiger partial charge is 0.236 e. The fourth-order valence-electron chi connectivity index (χ4n) is 1.62. The molecule has 0 radical (unpaired) electrons. The van der Waals surface area contributed by atoms with Crippen molar-refractivity contribution in [2.75, 3.05) is 5.32 Å². The van der Waals surface area contributed by atoms with Crippen LogP contribution in [0.15, 0.2) is 54.6 Å². The molecular weight excluding hydrogens is 242 g/mol. The Morgan fingerprint density at radius 3 is 2.11 bits per heavy atom. The van der Waals surface area contributed by atoms with Crippen molar-refractivity contribution in [1.29, 1.82) is 0 Å². The normalized spacial score (nSPS) is 11.9. The van der Waals surface area contributed by atoms with E-state index in [-0.39, 0.29) is 11.2 Å². The van der Waals surface area contributed by atoms with E-state index in [1.54, 1.807) is 6.92 Å². The second kappa shape index (κ2) is 5.74. The monoisotopic (exact) mass is 257 g/mol. The van der Waals surface area contributed by atoms with Gasteiger partial charge in [-0.3, -0.25) is 4.79 Å². The van der Waals surface area contributed by atoms with E-state index < -0.39 is 0 Å². The van der Waals surface area contributed by atoms with Crippen LogP contribution in [0.3, 0.4) is 0 Å². The van der Waals surface area contributed by atoms with Crippen LogP contribution in [0.25, 0.3) is 11.1 Å².